The summed E-state index contributed by atoms with van der Waals surface area (Å²) in [6.45, 7) is 1.90. The number of hydrogen-bond acceptors (Lipinski definition) is 2. The highest BCUT2D eigenvalue weighted by molar-refractivity contribution is 7.94. The summed E-state index contributed by atoms with van der Waals surface area (Å²) in [4.78, 5) is 0.380. The van der Waals surface area contributed by atoms with E-state index in [4.69, 9.17) is 0 Å². The molecule has 15 heavy (non-hydrogen) atoms. The molecule has 3 heteroatoms. The van der Waals surface area contributed by atoms with Crippen molar-refractivity contribution in [1.29, 1.82) is 0 Å². The minimum absolute atomic E-state index is 0.380. The fraction of sp³-hybridized carbons (Fsp3) is 0.333. The summed E-state index contributed by atoms with van der Waals surface area (Å²) in [5, 5.41) is 1.42. The third-order valence-electron chi connectivity index (χ3n) is 2.63. The first-order valence-electron chi connectivity index (χ1n) is 5.08. The first kappa shape index (κ1) is 10.4. The molecule has 0 amide bonds. The Morgan fingerprint density at radius 2 is 1.87 bits per heavy atom. The molecule has 1 aliphatic carbocycles. The third-order valence-corrected chi connectivity index (χ3v) is 4.25. The zero-order valence-corrected chi connectivity index (χ0v) is 9.50. The summed E-state index contributed by atoms with van der Waals surface area (Å²) in [7, 11) is -3.23. The standard InChI is InChI=1S/C12H14O2S/c1-10(11-7-8-11)9-15(13,14)12-5-3-2-4-6-12/h2-6,9,11H,7-8H2,1H3/b10-9-. The Balaban J connectivity index is 2.31. The van der Waals surface area contributed by atoms with Gasteiger partial charge in [-0.1, -0.05) is 23.8 Å². The molecule has 1 saturated carbocycles. The van der Waals surface area contributed by atoms with E-state index >= 15 is 0 Å². The molecule has 2 rings (SSSR count). The lowest BCUT2D eigenvalue weighted by Crippen LogP contribution is -1.97. The molecule has 1 aromatic rings. The zero-order valence-electron chi connectivity index (χ0n) is 8.68. The van der Waals surface area contributed by atoms with E-state index < -0.39 is 9.84 Å². The fourth-order valence-corrected chi connectivity index (χ4v) is 2.91. The lowest BCUT2D eigenvalue weighted by atomic mass is 10.2. The van der Waals surface area contributed by atoms with Gasteiger partial charge in [0.15, 0.2) is 9.84 Å². The first-order valence-corrected chi connectivity index (χ1v) is 6.62. The second-order valence-corrected chi connectivity index (χ2v) is 5.79. The maximum Gasteiger partial charge on any atom is 0.199 e. The van der Waals surface area contributed by atoms with Gasteiger partial charge in [0.2, 0.25) is 0 Å². The normalized spacial score (nSPS) is 17.8. The second-order valence-electron chi connectivity index (χ2n) is 3.99. The average molecular weight is 222 g/mol. The van der Waals surface area contributed by atoms with Crippen LogP contribution < -0.4 is 0 Å². The smallest absolute Gasteiger partial charge is 0.199 e. The Morgan fingerprint density at radius 3 is 2.40 bits per heavy atom. The molecular weight excluding hydrogens is 208 g/mol. The quantitative estimate of drug-likeness (QED) is 0.788. The molecule has 0 bridgehead atoms. The van der Waals surface area contributed by atoms with Gasteiger partial charge in [-0.3, -0.25) is 0 Å². The monoisotopic (exact) mass is 222 g/mol. The Morgan fingerprint density at radius 1 is 1.27 bits per heavy atom. The largest absolute Gasteiger partial charge is 0.219 e. The number of allylic oxidation sites excluding steroid dienone is 1. The highest BCUT2D eigenvalue weighted by Gasteiger charge is 2.24. The minimum atomic E-state index is -3.23. The van der Waals surface area contributed by atoms with E-state index in [0.29, 0.717) is 10.8 Å². The molecule has 1 aliphatic rings. The van der Waals surface area contributed by atoms with Crippen LogP contribution in [-0.2, 0) is 9.84 Å². The van der Waals surface area contributed by atoms with Crippen LogP contribution in [-0.4, -0.2) is 8.42 Å². The Hall–Kier alpha value is -1.09. The van der Waals surface area contributed by atoms with Crippen molar-refractivity contribution in [3.8, 4) is 0 Å². The number of hydrogen-bond donors (Lipinski definition) is 0. The van der Waals surface area contributed by atoms with Crippen molar-refractivity contribution in [1.82, 2.24) is 0 Å². The minimum Gasteiger partial charge on any atom is -0.219 e. The number of rotatable bonds is 3. The van der Waals surface area contributed by atoms with Gasteiger partial charge >= 0.3 is 0 Å². The van der Waals surface area contributed by atoms with Gasteiger partial charge in [0.1, 0.15) is 0 Å². The summed E-state index contributed by atoms with van der Waals surface area (Å²) in [5.74, 6) is 0.503. The lowest BCUT2D eigenvalue weighted by molar-refractivity contribution is 0.604. The molecule has 0 spiro atoms. The maximum absolute atomic E-state index is 11.9. The van der Waals surface area contributed by atoms with Crippen LogP contribution in [0.3, 0.4) is 0 Å². The lowest BCUT2D eigenvalue weighted by Gasteiger charge is -2.00. The maximum atomic E-state index is 11.9. The van der Waals surface area contributed by atoms with Crippen LogP contribution in [0.1, 0.15) is 19.8 Å². The van der Waals surface area contributed by atoms with Crippen molar-refractivity contribution in [2.75, 3.05) is 0 Å². The van der Waals surface area contributed by atoms with Crippen molar-refractivity contribution >= 4 is 9.84 Å². The summed E-state index contributed by atoms with van der Waals surface area (Å²) in [5.41, 5.74) is 0.985. The van der Waals surface area contributed by atoms with Crippen LogP contribution in [0.25, 0.3) is 0 Å². The van der Waals surface area contributed by atoms with Crippen molar-refractivity contribution in [3.05, 3.63) is 41.3 Å². The molecule has 80 valence electrons. The van der Waals surface area contributed by atoms with Gasteiger partial charge in [-0.2, -0.15) is 0 Å². The second kappa shape index (κ2) is 3.81. The van der Waals surface area contributed by atoms with Gasteiger partial charge in [-0.25, -0.2) is 8.42 Å². The molecule has 1 aromatic carbocycles. The van der Waals surface area contributed by atoms with Gasteiger partial charge in [0.05, 0.1) is 4.90 Å². The molecule has 0 saturated heterocycles. The van der Waals surface area contributed by atoms with E-state index in [1.54, 1.807) is 24.3 Å². The van der Waals surface area contributed by atoms with E-state index in [1.807, 2.05) is 13.0 Å². The summed E-state index contributed by atoms with van der Waals surface area (Å²) in [6.07, 6.45) is 2.26. The van der Waals surface area contributed by atoms with Crippen LogP contribution in [0, 0.1) is 5.92 Å². The predicted octanol–water partition coefficient (Wildman–Crippen LogP) is 2.77. The first-order chi connectivity index (χ1) is 7.09. The van der Waals surface area contributed by atoms with Gasteiger partial charge in [-0.05, 0) is 37.8 Å². The number of benzene rings is 1. The Kier molecular flexibility index (Phi) is 2.65. The van der Waals surface area contributed by atoms with E-state index in [1.165, 1.54) is 5.41 Å². The zero-order chi connectivity index (χ0) is 10.9. The summed E-state index contributed by atoms with van der Waals surface area (Å²) in [6, 6.07) is 8.56. The highest BCUT2D eigenvalue weighted by Crippen LogP contribution is 2.36. The average Bonchev–Trinajstić information content (AvgIpc) is 3.01. The summed E-state index contributed by atoms with van der Waals surface area (Å²) < 4.78 is 23.8. The van der Waals surface area contributed by atoms with Gasteiger partial charge in [-0.15, -0.1) is 0 Å². The molecule has 0 aromatic heterocycles. The molecular formula is C12H14O2S. The van der Waals surface area contributed by atoms with Crippen molar-refractivity contribution in [2.24, 2.45) is 5.92 Å². The van der Waals surface area contributed by atoms with E-state index in [-0.39, 0.29) is 0 Å². The van der Waals surface area contributed by atoms with Crippen LogP contribution in [0.4, 0.5) is 0 Å². The van der Waals surface area contributed by atoms with E-state index in [2.05, 4.69) is 0 Å². The van der Waals surface area contributed by atoms with Crippen molar-refractivity contribution < 1.29 is 8.42 Å². The Labute approximate surface area is 90.6 Å². The van der Waals surface area contributed by atoms with Crippen molar-refractivity contribution in [2.45, 2.75) is 24.7 Å². The van der Waals surface area contributed by atoms with Crippen LogP contribution in [0.5, 0.6) is 0 Å². The molecule has 1 fully saturated rings. The molecule has 0 aliphatic heterocycles. The topological polar surface area (TPSA) is 34.1 Å². The highest BCUT2D eigenvalue weighted by atomic mass is 32.2. The Bertz CT molecular complexity index is 468. The van der Waals surface area contributed by atoms with E-state index in [0.717, 1.165) is 18.4 Å². The third kappa shape index (κ3) is 2.48. The van der Waals surface area contributed by atoms with Crippen LogP contribution in [0.2, 0.25) is 0 Å². The van der Waals surface area contributed by atoms with E-state index in [9.17, 15) is 8.42 Å². The number of sulfone groups is 1. The molecule has 0 unspecified atom stereocenters. The van der Waals surface area contributed by atoms with Gasteiger partial charge in [0, 0.05) is 5.41 Å². The van der Waals surface area contributed by atoms with Crippen LogP contribution >= 0.6 is 0 Å². The molecule has 0 atom stereocenters. The molecule has 0 N–H and O–H groups in total. The fourth-order valence-electron chi connectivity index (χ4n) is 1.56. The molecule has 0 radical (unpaired) electrons. The predicted molar refractivity (Wildman–Crippen MR) is 60.1 cm³/mol. The summed E-state index contributed by atoms with van der Waals surface area (Å²) >= 11 is 0. The SMILES string of the molecule is C/C(=C/S(=O)(=O)c1ccccc1)C1CC1. The van der Waals surface area contributed by atoms with Gasteiger partial charge < -0.3 is 0 Å². The van der Waals surface area contributed by atoms with Gasteiger partial charge in [0.25, 0.3) is 0 Å². The molecule has 0 heterocycles. The van der Waals surface area contributed by atoms with Crippen LogP contribution in [0.15, 0.2) is 46.2 Å². The van der Waals surface area contributed by atoms with Crippen molar-refractivity contribution in [3.63, 3.8) is 0 Å². The molecule has 2 nitrogen and oxygen atoms in total.